The fourth-order valence-corrected chi connectivity index (χ4v) is 2.37. The van der Waals surface area contributed by atoms with Crippen molar-refractivity contribution in [2.45, 2.75) is 45.4 Å². The number of nitro groups is 1. The van der Waals surface area contributed by atoms with Gasteiger partial charge in [-0.1, -0.05) is 32.6 Å². The van der Waals surface area contributed by atoms with Crippen LogP contribution >= 0.6 is 0 Å². The Kier molecular flexibility index (Phi) is 6.45. The molecule has 1 heterocycles. The molecule has 6 heteroatoms. The van der Waals surface area contributed by atoms with E-state index in [9.17, 15) is 19.7 Å². The van der Waals surface area contributed by atoms with Crippen molar-refractivity contribution in [3.05, 3.63) is 10.1 Å². The Labute approximate surface area is 112 Å². The third-order valence-electron chi connectivity index (χ3n) is 3.42. The van der Waals surface area contributed by atoms with Crippen LogP contribution in [0.15, 0.2) is 0 Å². The number of rotatable bonds is 9. The van der Waals surface area contributed by atoms with Crippen LogP contribution in [0, 0.1) is 22.0 Å². The molecule has 0 aromatic rings. The van der Waals surface area contributed by atoms with E-state index in [2.05, 4.69) is 6.92 Å². The van der Waals surface area contributed by atoms with Crippen molar-refractivity contribution < 1.29 is 19.2 Å². The molecule has 1 aliphatic heterocycles. The van der Waals surface area contributed by atoms with E-state index in [1.165, 1.54) is 0 Å². The fraction of sp³-hybridized carbons (Fsp3) is 0.846. The number of hydrogen-bond donors (Lipinski definition) is 0. The van der Waals surface area contributed by atoms with Crippen LogP contribution in [0.25, 0.3) is 0 Å². The molecular formula is C13H21NO5. The summed E-state index contributed by atoms with van der Waals surface area (Å²) in [4.78, 5) is 33.4. The summed E-state index contributed by atoms with van der Waals surface area (Å²) in [6.07, 6.45) is 5.38. The van der Waals surface area contributed by atoms with E-state index >= 15 is 0 Å². The van der Waals surface area contributed by atoms with Crippen molar-refractivity contribution >= 4 is 11.8 Å². The topological polar surface area (TPSA) is 86.5 Å². The van der Waals surface area contributed by atoms with Gasteiger partial charge in [0, 0.05) is 11.3 Å². The van der Waals surface area contributed by atoms with E-state index in [1.54, 1.807) is 0 Å². The molecule has 6 nitrogen and oxygen atoms in total. The predicted octanol–water partition coefficient (Wildman–Crippen LogP) is 1.98. The van der Waals surface area contributed by atoms with Crippen molar-refractivity contribution in [3.8, 4) is 0 Å². The van der Waals surface area contributed by atoms with Crippen LogP contribution in [-0.2, 0) is 14.3 Å². The molecule has 19 heavy (non-hydrogen) atoms. The summed E-state index contributed by atoms with van der Waals surface area (Å²) in [5, 5.41) is 10.5. The van der Waals surface area contributed by atoms with Gasteiger partial charge in [0.25, 0.3) is 0 Å². The number of cyclic esters (lactones) is 1. The summed E-state index contributed by atoms with van der Waals surface area (Å²) in [6, 6.07) is 0. The average molecular weight is 271 g/mol. The van der Waals surface area contributed by atoms with E-state index in [0.717, 1.165) is 32.1 Å². The van der Waals surface area contributed by atoms with E-state index < -0.39 is 22.7 Å². The average Bonchev–Trinajstić information content (AvgIpc) is 2.69. The number of nitrogens with zero attached hydrogens (tertiary/aromatic N) is 1. The van der Waals surface area contributed by atoms with Crippen LogP contribution in [-0.4, -0.2) is 29.8 Å². The van der Waals surface area contributed by atoms with Crippen molar-refractivity contribution in [1.29, 1.82) is 0 Å². The molecular weight excluding hydrogens is 250 g/mol. The number of carbonyl (C=O) groups excluding carboxylic acids is 2. The summed E-state index contributed by atoms with van der Waals surface area (Å²) >= 11 is 0. The Bertz CT molecular complexity index is 342. The molecule has 1 fully saturated rings. The first-order chi connectivity index (χ1) is 9.06. The maximum absolute atomic E-state index is 12.0. The quantitative estimate of drug-likeness (QED) is 0.210. The Hall–Kier alpha value is -1.46. The second-order valence-electron chi connectivity index (χ2n) is 5.01. The van der Waals surface area contributed by atoms with E-state index in [-0.39, 0.29) is 18.9 Å². The minimum Gasteiger partial charge on any atom is -0.465 e. The molecule has 0 aromatic heterocycles. The SMILES string of the molecule is CCCCCCCC(=O)[C@@H]1C(=O)OC[C@H]1C[N+](=O)[O-]. The Balaban J connectivity index is 2.39. The van der Waals surface area contributed by atoms with Crippen LogP contribution in [0.5, 0.6) is 0 Å². The first kappa shape index (κ1) is 15.6. The minimum atomic E-state index is -0.920. The minimum absolute atomic E-state index is 0.00788. The van der Waals surface area contributed by atoms with E-state index in [0.29, 0.717) is 6.42 Å². The molecule has 0 aromatic carbocycles. The van der Waals surface area contributed by atoms with Gasteiger partial charge in [0.15, 0.2) is 0 Å². The zero-order valence-electron chi connectivity index (χ0n) is 11.3. The lowest BCUT2D eigenvalue weighted by Crippen LogP contribution is -2.30. The predicted molar refractivity (Wildman–Crippen MR) is 68.2 cm³/mol. The number of esters is 1. The van der Waals surface area contributed by atoms with E-state index in [1.807, 2.05) is 0 Å². The molecule has 1 aliphatic rings. The lowest BCUT2D eigenvalue weighted by molar-refractivity contribution is -0.488. The molecule has 0 unspecified atom stereocenters. The molecule has 108 valence electrons. The van der Waals surface area contributed by atoms with Crippen LogP contribution in [0.1, 0.15) is 45.4 Å². The van der Waals surface area contributed by atoms with E-state index in [4.69, 9.17) is 4.74 Å². The van der Waals surface area contributed by atoms with Gasteiger partial charge in [-0.3, -0.25) is 19.7 Å². The summed E-state index contributed by atoms with van der Waals surface area (Å²) < 4.78 is 4.78. The van der Waals surface area contributed by atoms with Crippen LogP contribution in [0.2, 0.25) is 0 Å². The number of ether oxygens (including phenoxy) is 1. The molecule has 1 rings (SSSR count). The maximum atomic E-state index is 12.0. The first-order valence-electron chi connectivity index (χ1n) is 6.87. The Morgan fingerprint density at radius 1 is 1.37 bits per heavy atom. The third kappa shape index (κ3) is 4.96. The standard InChI is InChI=1S/C13H21NO5/c1-2-3-4-5-6-7-11(15)12-10(8-14(17)18)9-19-13(12)16/h10,12H,2-9H2,1H3/t10-,12-/m1/s1. The van der Waals surface area contributed by atoms with Crippen LogP contribution in [0.3, 0.4) is 0 Å². The molecule has 0 amide bonds. The maximum Gasteiger partial charge on any atom is 0.317 e. The Morgan fingerprint density at radius 3 is 2.68 bits per heavy atom. The van der Waals surface area contributed by atoms with Crippen LogP contribution in [0.4, 0.5) is 0 Å². The number of Topliss-reactive ketones (excluding diaryl/α,β-unsaturated/α-hetero) is 1. The molecule has 0 aliphatic carbocycles. The molecule has 0 saturated carbocycles. The first-order valence-corrected chi connectivity index (χ1v) is 6.87. The summed E-state index contributed by atoms with van der Waals surface area (Å²) in [5.74, 6) is -2.31. The molecule has 0 radical (unpaired) electrons. The molecule has 1 saturated heterocycles. The summed E-state index contributed by atoms with van der Waals surface area (Å²) in [7, 11) is 0. The van der Waals surface area contributed by atoms with Crippen molar-refractivity contribution in [3.63, 3.8) is 0 Å². The highest BCUT2D eigenvalue weighted by atomic mass is 16.6. The smallest absolute Gasteiger partial charge is 0.317 e. The zero-order valence-corrected chi connectivity index (χ0v) is 11.3. The normalized spacial score (nSPS) is 22.3. The van der Waals surface area contributed by atoms with Gasteiger partial charge in [-0.15, -0.1) is 0 Å². The van der Waals surface area contributed by atoms with Crippen molar-refractivity contribution in [2.24, 2.45) is 11.8 Å². The second kappa shape index (κ2) is 7.86. The number of carbonyl (C=O) groups is 2. The Morgan fingerprint density at radius 2 is 2.05 bits per heavy atom. The molecule has 0 bridgehead atoms. The fourth-order valence-electron chi connectivity index (χ4n) is 2.37. The summed E-state index contributed by atoms with van der Waals surface area (Å²) in [6.45, 7) is 1.73. The van der Waals surface area contributed by atoms with Gasteiger partial charge < -0.3 is 4.74 Å². The van der Waals surface area contributed by atoms with Crippen LogP contribution < -0.4 is 0 Å². The largest absolute Gasteiger partial charge is 0.465 e. The van der Waals surface area contributed by atoms with Gasteiger partial charge in [0.1, 0.15) is 18.3 Å². The highest BCUT2D eigenvalue weighted by Gasteiger charge is 2.44. The highest BCUT2D eigenvalue weighted by molar-refractivity contribution is 6.00. The molecule has 0 N–H and O–H groups in total. The van der Waals surface area contributed by atoms with Gasteiger partial charge in [-0.25, -0.2) is 0 Å². The van der Waals surface area contributed by atoms with Gasteiger partial charge >= 0.3 is 5.97 Å². The molecule has 0 spiro atoms. The number of ketones is 1. The number of unbranched alkanes of at least 4 members (excludes halogenated alkanes) is 4. The second-order valence-corrected chi connectivity index (χ2v) is 5.01. The van der Waals surface area contributed by atoms with Gasteiger partial charge in [0.2, 0.25) is 6.54 Å². The van der Waals surface area contributed by atoms with Crippen molar-refractivity contribution in [1.82, 2.24) is 0 Å². The van der Waals surface area contributed by atoms with Gasteiger partial charge in [-0.05, 0) is 6.42 Å². The number of hydrogen-bond acceptors (Lipinski definition) is 5. The lowest BCUT2D eigenvalue weighted by atomic mass is 9.89. The zero-order chi connectivity index (χ0) is 14.3. The highest BCUT2D eigenvalue weighted by Crippen LogP contribution is 2.25. The van der Waals surface area contributed by atoms with Crippen molar-refractivity contribution in [2.75, 3.05) is 13.2 Å². The third-order valence-corrected chi connectivity index (χ3v) is 3.42. The molecule has 2 atom stereocenters. The summed E-state index contributed by atoms with van der Waals surface area (Å²) in [5.41, 5.74) is 0. The monoisotopic (exact) mass is 271 g/mol. The van der Waals surface area contributed by atoms with Gasteiger partial charge in [0.05, 0.1) is 5.92 Å². The lowest BCUT2D eigenvalue weighted by Gasteiger charge is -2.10. The van der Waals surface area contributed by atoms with Gasteiger partial charge in [-0.2, -0.15) is 0 Å².